The van der Waals surface area contributed by atoms with Crippen molar-refractivity contribution in [2.24, 2.45) is 4.99 Å². The summed E-state index contributed by atoms with van der Waals surface area (Å²) in [6.07, 6.45) is -4.35. The number of nitrogens with zero attached hydrogens (tertiary/aromatic N) is 1. The standard InChI is InChI=1S/C20H22F3N3O3.HI/c1-2-24-19(26-11-15-5-8-17-18(9-15)29-13-28-17)25-10-14-3-6-16(7-4-14)27-12-20(21,22)23;/h3-9H,2,10-13H2,1H3,(H2,24,25,26);1H. The molecule has 0 fully saturated rings. The van der Waals surface area contributed by atoms with Crippen LogP contribution in [0.25, 0.3) is 0 Å². The minimum Gasteiger partial charge on any atom is -0.484 e. The second kappa shape index (κ2) is 11.1. The molecule has 0 radical (unpaired) electrons. The quantitative estimate of drug-likeness (QED) is 0.315. The highest BCUT2D eigenvalue weighted by atomic mass is 127. The van der Waals surface area contributed by atoms with E-state index < -0.39 is 12.8 Å². The fourth-order valence-electron chi connectivity index (χ4n) is 2.61. The van der Waals surface area contributed by atoms with Crippen molar-refractivity contribution in [2.45, 2.75) is 26.2 Å². The van der Waals surface area contributed by atoms with Crippen LogP contribution in [0.5, 0.6) is 17.2 Å². The molecule has 0 amide bonds. The van der Waals surface area contributed by atoms with E-state index >= 15 is 0 Å². The molecule has 0 unspecified atom stereocenters. The maximum atomic E-state index is 12.2. The molecule has 0 atom stereocenters. The van der Waals surface area contributed by atoms with Crippen molar-refractivity contribution in [2.75, 3.05) is 19.9 Å². The van der Waals surface area contributed by atoms with E-state index in [1.54, 1.807) is 12.1 Å². The third-order valence-electron chi connectivity index (χ3n) is 3.99. The normalized spacial score (nSPS) is 12.9. The molecule has 0 spiro atoms. The van der Waals surface area contributed by atoms with E-state index in [1.807, 2.05) is 25.1 Å². The third kappa shape index (κ3) is 7.47. The van der Waals surface area contributed by atoms with E-state index in [0.29, 0.717) is 31.3 Å². The summed E-state index contributed by atoms with van der Waals surface area (Å²) in [7, 11) is 0. The fraction of sp³-hybridized carbons (Fsp3) is 0.350. The monoisotopic (exact) mass is 537 g/mol. The number of hydrogen-bond donors (Lipinski definition) is 2. The van der Waals surface area contributed by atoms with Crippen LogP contribution in [0.15, 0.2) is 47.5 Å². The van der Waals surface area contributed by atoms with Crippen molar-refractivity contribution in [1.82, 2.24) is 10.6 Å². The number of ether oxygens (including phenoxy) is 3. The number of rotatable bonds is 7. The van der Waals surface area contributed by atoms with Crippen LogP contribution in [0.4, 0.5) is 13.2 Å². The predicted molar refractivity (Wildman–Crippen MR) is 118 cm³/mol. The summed E-state index contributed by atoms with van der Waals surface area (Å²) < 4.78 is 52.0. The van der Waals surface area contributed by atoms with Gasteiger partial charge in [-0.05, 0) is 42.3 Å². The van der Waals surface area contributed by atoms with E-state index in [9.17, 15) is 13.2 Å². The molecule has 30 heavy (non-hydrogen) atoms. The van der Waals surface area contributed by atoms with Gasteiger partial charge in [0.25, 0.3) is 0 Å². The summed E-state index contributed by atoms with van der Waals surface area (Å²) >= 11 is 0. The van der Waals surface area contributed by atoms with Gasteiger partial charge in [-0.1, -0.05) is 18.2 Å². The molecule has 2 aromatic rings. The third-order valence-corrected chi connectivity index (χ3v) is 3.99. The zero-order valence-electron chi connectivity index (χ0n) is 16.3. The largest absolute Gasteiger partial charge is 0.484 e. The van der Waals surface area contributed by atoms with Crippen LogP contribution in [0.1, 0.15) is 18.1 Å². The molecular weight excluding hydrogens is 514 g/mol. The number of hydrogen-bond acceptors (Lipinski definition) is 4. The molecule has 0 bridgehead atoms. The average Bonchev–Trinajstić information content (AvgIpc) is 3.16. The van der Waals surface area contributed by atoms with E-state index in [2.05, 4.69) is 15.6 Å². The Hall–Kier alpha value is -2.37. The first-order valence-electron chi connectivity index (χ1n) is 9.12. The lowest BCUT2D eigenvalue weighted by molar-refractivity contribution is -0.153. The molecule has 6 nitrogen and oxygen atoms in total. The maximum absolute atomic E-state index is 12.2. The highest BCUT2D eigenvalue weighted by Gasteiger charge is 2.28. The first kappa shape index (κ1) is 23.9. The Kier molecular flexibility index (Phi) is 8.88. The van der Waals surface area contributed by atoms with Crippen LogP contribution in [-0.4, -0.2) is 32.1 Å². The number of benzene rings is 2. The van der Waals surface area contributed by atoms with Crippen LogP contribution in [-0.2, 0) is 13.1 Å². The SMILES string of the molecule is CCNC(=NCc1ccc2c(c1)OCO2)NCc1ccc(OCC(F)(F)F)cc1.I. The van der Waals surface area contributed by atoms with Crippen molar-refractivity contribution in [3.8, 4) is 17.2 Å². The van der Waals surface area contributed by atoms with Gasteiger partial charge in [0.2, 0.25) is 6.79 Å². The first-order chi connectivity index (χ1) is 13.9. The van der Waals surface area contributed by atoms with Gasteiger partial charge in [0.15, 0.2) is 24.1 Å². The Morgan fingerprint density at radius 2 is 1.73 bits per heavy atom. The lowest BCUT2D eigenvalue weighted by atomic mass is 10.2. The van der Waals surface area contributed by atoms with Gasteiger partial charge in [-0.15, -0.1) is 24.0 Å². The number of aliphatic imine (C=N–C) groups is 1. The fourth-order valence-corrected chi connectivity index (χ4v) is 2.61. The molecule has 3 rings (SSSR count). The van der Waals surface area contributed by atoms with E-state index in [4.69, 9.17) is 14.2 Å². The van der Waals surface area contributed by atoms with Gasteiger partial charge < -0.3 is 24.8 Å². The minimum absolute atomic E-state index is 0. The summed E-state index contributed by atoms with van der Waals surface area (Å²) in [5, 5.41) is 6.35. The van der Waals surface area contributed by atoms with E-state index in [-0.39, 0.29) is 36.5 Å². The molecule has 2 aromatic carbocycles. The summed E-state index contributed by atoms with van der Waals surface area (Å²) in [6, 6.07) is 12.1. The molecule has 164 valence electrons. The molecule has 0 saturated heterocycles. The molecule has 2 N–H and O–H groups in total. The number of fused-ring (bicyclic) bond motifs is 1. The van der Waals surface area contributed by atoms with Gasteiger partial charge in [-0.25, -0.2) is 4.99 Å². The van der Waals surface area contributed by atoms with Gasteiger partial charge >= 0.3 is 6.18 Å². The van der Waals surface area contributed by atoms with Crippen LogP contribution >= 0.6 is 24.0 Å². The summed E-state index contributed by atoms with van der Waals surface area (Å²) in [4.78, 5) is 4.55. The predicted octanol–water partition coefficient (Wildman–Crippen LogP) is 4.23. The van der Waals surface area contributed by atoms with Crippen molar-refractivity contribution in [1.29, 1.82) is 0 Å². The Balaban J connectivity index is 0.00000320. The van der Waals surface area contributed by atoms with Crippen LogP contribution in [0.3, 0.4) is 0 Å². The number of guanidine groups is 1. The van der Waals surface area contributed by atoms with Crippen LogP contribution in [0.2, 0.25) is 0 Å². The molecule has 10 heteroatoms. The summed E-state index contributed by atoms with van der Waals surface area (Å²) in [5.74, 6) is 2.24. The summed E-state index contributed by atoms with van der Waals surface area (Å²) in [5.41, 5.74) is 1.87. The zero-order chi connectivity index (χ0) is 20.7. The molecule has 1 aliphatic heterocycles. The van der Waals surface area contributed by atoms with Crippen LogP contribution < -0.4 is 24.8 Å². The molecular formula is C20H23F3IN3O3. The molecule has 0 saturated carbocycles. The van der Waals surface area contributed by atoms with E-state index in [0.717, 1.165) is 16.9 Å². The van der Waals surface area contributed by atoms with Crippen molar-refractivity contribution in [3.63, 3.8) is 0 Å². The highest BCUT2D eigenvalue weighted by Crippen LogP contribution is 2.32. The van der Waals surface area contributed by atoms with Gasteiger partial charge in [0, 0.05) is 13.1 Å². The zero-order valence-corrected chi connectivity index (χ0v) is 18.6. The van der Waals surface area contributed by atoms with Crippen molar-refractivity contribution in [3.05, 3.63) is 53.6 Å². The number of nitrogens with one attached hydrogen (secondary N) is 2. The summed E-state index contributed by atoms with van der Waals surface area (Å²) in [6.45, 7) is 2.50. The second-order valence-corrected chi connectivity index (χ2v) is 6.28. The number of alkyl halides is 3. The van der Waals surface area contributed by atoms with Crippen LogP contribution in [0, 0.1) is 0 Å². The Morgan fingerprint density at radius 1 is 1.03 bits per heavy atom. The topological polar surface area (TPSA) is 64.1 Å². The van der Waals surface area contributed by atoms with Gasteiger partial charge in [0.05, 0.1) is 6.54 Å². The second-order valence-electron chi connectivity index (χ2n) is 6.28. The lowest BCUT2D eigenvalue weighted by Crippen LogP contribution is -2.36. The van der Waals surface area contributed by atoms with Crippen molar-refractivity contribution >= 4 is 29.9 Å². The van der Waals surface area contributed by atoms with Gasteiger partial charge in [0.1, 0.15) is 5.75 Å². The first-order valence-corrected chi connectivity index (χ1v) is 9.12. The van der Waals surface area contributed by atoms with Crippen molar-refractivity contribution < 1.29 is 27.4 Å². The highest BCUT2D eigenvalue weighted by molar-refractivity contribution is 14.0. The Bertz CT molecular complexity index is 845. The Morgan fingerprint density at radius 3 is 2.43 bits per heavy atom. The van der Waals surface area contributed by atoms with Gasteiger partial charge in [-0.3, -0.25) is 0 Å². The molecule has 0 aromatic heterocycles. The molecule has 1 heterocycles. The number of halogens is 4. The van der Waals surface area contributed by atoms with Gasteiger partial charge in [-0.2, -0.15) is 13.2 Å². The molecule has 1 aliphatic rings. The maximum Gasteiger partial charge on any atom is 0.422 e. The van der Waals surface area contributed by atoms with E-state index in [1.165, 1.54) is 12.1 Å². The molecule has 0 aliphatic carbocycles. The minimum atomic E-state index is -4.35. The Labute approximate surface area is 189 Å². The smallest absolute Gasteiger partial charge is 0.422 e. The lowest BCUT2D eigenvalue weighted by Gasteiger charge is -2.12. The average molecular weight is 537 g/mol.